The van der Waals surface area contributed by atoms with Crippen LogP contribution in [-0.2, 0) is 14.9 Å². The number of rotatable bonds is 3. The van der Waals surface area contributed by atoms with Crippen molar-refractivity contribution in [2.45, 2.75) is 89.2 Å². The number of nitrogens with zero attached hydrogens (tertiary/aromatic N) is 1. The van der Waals surface area contributed by atoms with Crippen molar-refractivity contribution in [3.8, 4) is 0 Å². The first kappa shape index (κ1) is 20.8. The molecule has 5 heteroatoms. The molecule has 168 valence electrons. The molecule has 1 aromatic carbocycles. The smallest absolute Gasteiger partial charge is 0.410 e. The van der Waals surface area contributed by atoms with Crippen LogP contribution in [0.25, 0.3) is 0 Å². The standard InChI is InChI=1S/C26H36N2O3/c1-25(2,3)31-24(30)28-10-4-5-22(28)23(29)27-21-8-6-20(7-9-21)26-14-17-11-18(15-26)13-19(12-17)16-26/h6-9,17-19,22H,4-5,10-16H2,1-3H3,(H,27,29). The molecule has 1 aliphatic heterocycles. The molecule has 5 aliphatic rings. The average Bonchev–Trinajstić information content (AvgIpc) is 3.16. The molecule has 0 aromatic heterocycles. The van der Waals surface area contributed by atoms with E-state index in [1.54, 1.807) is 4.90 Å². The molecule has 0 radical (unpaired) electrons. The van der Waals surface area contributed by atoms with Gasteiger partial charge in [-0.1, -0.05) is 12.1 Å². The predicted molar refractivity (Wildman–Crippen MR) is 121 cm³/mol. The third-order valence-electron chi connectivity index (χ3n) is 7.99. The Balaban J connectivity index is 1.25. The number of carbonyl (C=O) groups excluding carboxylic acids is 2. The van der Waals surface area contributed by atoms with Crippen molar-refractivity contribution in [3.63, 3.8) is 0 Å². The summed E-state index contributed by atoms with van der Waals surface area (Å²) in [6.07, 6.45) is 9.47. The zero-order valence-electron chi connectivity index (χ0n) is 19.2. The largest absolute Gasteiger partial charge is 0.444 e. The van der Waals surface area contributed by atoms with E-state index in [2.05, 4.69) is 29.6 Å². The number of hydrogen-bond donors (Lipinski definition) is 1. The number of anilines is 1. The van der Waals surface area contributed by atoms with Crippen molar-refractivity contribution < 1.29 is 14.3 Å². The summed E-state index contributed by atoms with van der Waals surface area (Å²) in [7, 11) is 0. The maximum atomic E-state index is 12.9. The van der Waals surface area contributed by atoms with E-state index < -0.39 is 17.7 Å². The summed E-state index contributed by atoms with van der Waals surface area (Å²) in [4.78, 5) is 27.0. The third-order valence-corrected chi connectivity index (χ3v) is 7.99. The first-order valence-corrected chi connectivity index (χ1v) is 12.1. The van der Waals surface area contributed by atoms with Crippen LogP contribution < -0.4 is 5.32 Å². The molecule has 6 rings (SSSR count). The Bertz CT molecular complexity index is 819. The van der Waals surface area contributed by atoms with E-state index in [0.717, 1.165) is 29.9 Å². The lowest BCUT2D eigenvalue weighted by Crippen LogP contribution is -2.48. The van der Waals surface area contributed by atoms with Gasteiger partial charge in [0, 0.05) is 12.2 Å². The van der Waals surface area contributed by atoms with Gasteiger partial charge in [0.05, 0.1) is 0 Å². The predicted octanol–water partition coefficient (Wildman–Crippen LogP) is 5.49. The molecule has 0 spiro atoms. The van der Waals surface area contributed by atoms with E-state index in [1.165, 1.54) is 44.1 Å². The molecular formula is C26H36N2O3. The van der Waals surface area contributed by atoms with Crippen LogP contribution in [0.3, 0.4) is 0 Å². The molecule has 31 heavy (non-hydrogen) atoms. The number of nitrogens with one attached hydrogen (secondary N) is 1. The zero-order valence-corrected chi connectivity index (χ0v) is 19.2. The van der Waals surface area contributed by atoms with E-state index in [4.69, 9.17) is 4.74 Å². The van der Waals surface area contributed by atoms with Crippen LogP contribution in [0, 0.1) is 17.8 Å². The maximum absolute atomic E-state index is 12.9. The molecule has 2 amide bonds. The highest BCUT2D eigenvalue weighted by atomic mass is 16.6. The molecule has 1 unspecified atom stereocenters. The van der Waals surface area contributed by atoms with Crippen LogP contribution in [0.4, 0.5) is 10.5 Å². The summed E-state index contributed by atoms with van der Waals surface area (Å²) in [6, 6.07) is 8.13. The summed E-state index contributed by atoms with van der Waals surface area (Å²) < 4.78 is 5.49. The lowest BCUT2D eigenvalue weighted by molar-refractivity contribution is -0.120. The van der Waals surface area contributed by atoms with Crippen molar-refractivity contribution in [2.24, 2.45) is 17.8 Å². The van der Waals surface area contributed by atoms with E-state index in [0.29, 0.717) is 18.4 Å². The van der Waals surface area contributed by atoms with E-state index >= 15 is 0 Å². The Morgan fingerprint density at radius 3 is 2.13 bits per heavy atom. The number of benzene rings is 1. The summed E-state index contributed by atoms with van der Waals surface area (Å²) in [5.74, 6) is 2.65. The Kier molecular flexibility index (Phi) is 5.06. The molecule has 1 atom stereocenters. The first-order chi connectivity index (χ1) is 14.7. The minimum Gasteiger partial charge on any atom is -0.444 e. The van der Waals surface area contributed by atoms with Crippen molar-refractivity contribution in [2.75, 3.05) is 11.9 Å². The van der Waals surface area contributed by atoms with Gasteiger partial charge in [-0.15, -0.1) is 0 Å². The fourth-order valence-corrected chi connectivity index (χ4v) is 7.18. The van der Waals surface area contributed by atoms with Crippen molar-refractivity contribution in [3.05, 3.63) is 29.8 Å². The van der Waals surface area contributed by atoms with Crippen molar-refractivity contribution >= 4 is 17.7 Å². The molecular weight excluding hydrogens is 388 g/mol. The maximum Gasteiger partial charge on any atom is 0.410 e. The van der Waals surface area contributed by atoms with Gasteiger partial charge >= 0.3 is 6.09 Å². The molecule has 4 saturated carbocycles. The molecule has 1 N–H and O–H groups in total. The second-order valence-corrected chi connectivity index (χ2v) is 11.6. The fraction of sp³-hybridized carbons (Fsp3) is 0.692. The third kappa shape index (κ3) is 4.08. The van der Waals surface area contributed by atoms with E-state index in [1.807, 2.05) is 20.8 Å². The molecule has 1 aromatic rings. The molecule has 4 bridgehead atoms. The molecule has 5 nitrogen and oxygen atoms in total. The van der Waals surface area contributed by atoms with Gasteiger partial charge in [0.15, 0.2) is 0 Å². The highest BCUT2D eigenvalue weighted by molar-refractivity contribution is 5.96. The Hall–Kier alpha value is -2.04. The minimum absolute atomic E-state index is 0.120. The molecule has 1 saturated heterocycles. The quantitative estimate of drug-likeness (QED) is 0.698. The van der Waals surface area contributed by atoms with Crippen LogP contribution >= 0.6 is 0 Å². The monoisotopic (exact) mass is 424 g/mol. The molecule has 1 heterocycles. The number of hydrogen-bond acceptors (Lipinski definition) is 3. The summed E-state index contributed by atoms with van der Waals surface area (Å²) in [6.45, 7) is 6.11. The lowest BCUT2D eigenvalue weighted by atomic mass is 9.48. The van der Waals surface area contributed by atoms with Crippen LogP contribution in [0.2, 0.25) is 0 Å². The normalized spacial score (nSPS) is 34.1. The van der Waals surface area contributed by atoms with E-state index in [9.17, 15) is 9.59 Å². The van der Waals surface area contributed by atoms with Crippen LogP contribution in [0.15, 0.2) is 24.3 Å². The van der Waals surface area contributed by atoms with Gasteiger partial charge in [0.1, 0.15) is 11.6 Å². The zero-order chi connectivity index (χ0) is 21.8. The molecule has 5 fully saturated rings. The second-order valence-electron chi connectivity index (χ2n) is 11.6. The highest BCUT2D eigenvalue weighted by Crippen LogP contribution is 2.60. The van der Waals surface area contributed by atoms with Crippen molar-refractivity contribution in [1.82, 2.24) is 4.90 Å². The summed E-state index contributed by atoms with van der Waals surface area (Å²) in [5, 5.41) is 3.04. The van der Waals surface area contributed by atoms with Gasteiger partial charge in [-0.2, -0.15) is 0 Å². The number of amides is 2. The topological polar surface area (TPSA) is 58.6 Å². The van der Waals surface area contributed by atoms with Gasteiger partial charge in [-0.05, 0) is 113 Å². The Labute approximate surface area is 185 Å². The summed E-state index contributed by atoms with van der Waals surface area (Å²) in [5.41, 5.74) is 2.08. The number of likely N-dealkylation sites (tertiary alicyclic amines) is 1. The highest BCUT2D eigenvalue weighted by Gasteiger charge is 2.51. The molecule has 4 aliphatic carbocycles. The number of carbonyl (C=O) groups is 2. The van der Waals surface area contributed by atoms with Crippen LogP contribution in [-0.4, -0.2) is 35.1 Å². The van der Waals surface area contributed by atoms with E-state index in [-0.39, 0.29) is 5.91 Å². The second kappa shape index (κ2) is 7.53. The van der Waals surface area contributed by atoms with Gasteiger partial charge in [0.25, 0.3) is 0 Å². The lowest BCUT2D eigenvalue weighted by Gasteiger charge is -2.57. The van der Waals surface area contributed by atoms with Crippen LogP contribution in [0.5, 0.6) is 0 Å². The Morgan fingerprint density at radius 2 is 1.58 bits per heavy atom. The minimum atomic E-state index is -0.562. The average molecular weight is 425 g/mol. The van der Waals surface area contributed by atoms with Gasteiger partial charge < -0.3 is 10.1 Å². The first-order valence-electron chi connectivity index (χ1n) is 12.1. The SMILES string of the molecule is CC(C)(C)OC(=O)N1CCCC1C(=O)Nc1ccc(C23CC4CC(CC(C4)C2)C3)cc1. The number of ether oxygens (including phenoxy) is 1. The summed E-state index contributed by atoms with van der Waals surface area (Å²) >= 11 is 0. The van der Waals surface area contributed by atoms with Crippen molar-refractivity contribution in [1.29, 1.82) is 0 Å². The van der Waals surface area contributed by atoms with Gasteiger partial charge in [-0.25, -0.2) is 4.79 Å². The fourth-order valence-electron chi connectivity index (χ4n) is 7.18. The van der Waals surface area contributed by atoms with Gasteiger partial charge in [-0.3, -0.25) is 9.69 Å². The Morgan fingerprint density at radius 1 is 1.00 bits per heavy atom. The van der Waals surface area contributed by atoms with Crippen LogP contribution in [0.1, 0.15) is 77.7 Å². The van der Waals surface area contributed by atoms with Gasteiger partial charge in [0.2, 0.25) is 5.91 Å².